The third kappa shape index (κ3) is 6.07. The molecule has 0 bridgehead atoms. The van der Waals surface area contributed by atoms with Gasteiger partial charge >= 0.3 is 5.97 Å². The normalized spacial score (nSPS) is 14.2. The zero-order valence-corrected chi connectivity index (χ0v) is 23.2. The number of phenolic OH excluding ortho intramolecular Hbond substituents is 1. The minimum absolute atomic E-state index is 0.0254. The Labute approximate surface area is 244 Å². The number of hydrogen-bond acceptors (Lipinski definition) is 6. The number of nitrogens with zero attached hydrogens (tertiary/aromatic N) is 1. The van der Waals surface area contributed by atoms with Crippen molar-refractivity contribution in [2.24, 2.45) is 0 Å². The first-order valence-corrected chi connectivity index (χ1v) is 13.7. The Bertz CT molecular complexity index is 1640. The van der Waals surface area contributed by atoms with Crippen LogP contribution in [0.1, 0.15) is 27.0 Å². The van der Waals surface area contributed by atoms with Crippen molar-refractivity contribution < 1.29 is 24.2 Å². The maximum absolute atomic E-state index is 13.2. The summed E-state index contributed by atoms with van der Waals surface area (Å²) in [7, 11) is 0. The molecule has 9 heteroatoms. The molecule has 6 nitrogen and oxygen atoms in total. The molecule has 200 valence electrons. The van der Waals surface area contributed by atoms with Crippen LogP contribution in [0.5, 0.6) is 5.75 Å². The van der Waals surface area contributed by atoms with E-state index in [2.05, 4.69) is 0 Å². The fraction of sp³-hybridized carbons (Fsp3) is 0.0645. The van der Waals surface area contributed by atoms with Crippen molar-refractivity contribution in [2.75, 3.05) is 0 Å². The highest BCUT2D eigenvalue weighted by atomic mass is 35.5. The van der Waals surface area contributed by atoms with Crippen LogP contribution in [0.25, 0.3) is 17.2 Å². The summed E-state index contributed by atoms with van der Waals surface area (Å²) in [5.41, 5.74) is 2.89. The molecule has 1 aliphatic rings. The van der Waals surface area contributed by atoms with Gasteiger partial charge in [0.05, 0.1) is 21.5 Å². The van der Waals surface area contributed by atoms with Gasteiger partial charge in [0.15, 0.2) is 0 Å². The van der Waals surface area contributed by atoms with Crippen LogP contribution in [0, 0.1) is 0 Å². The summed E-state index contributed by atoms with van der Waals surface area (Å²) in [5, 5.41) is 11.3. The van der Waals surface area contributed by atoms with Crippen LogP contribution < -0.4 is 0 Å². The molecule has 5 rings (SSSR count). The zero-order chi connectivity index (χ0) is 28.2. The van der Waals surface area contributed by atoms with E-state index in [1.165, 1.54) is 12.1 Å². The van der Waals surface area contributed by atoms with Gasteiger partial charge in [0, 0.05) is 5.56 Å². The predicted octanol–water partition coefficient (Wildman–Crippen LogP) is 7.96. The third-order valence-corrected chi connectivity index (χ3v) is 7.79. The van der Waals surface area contributed by atoms with Gasteiger partial charge in [0.25, 0.3) is 11.1 Å². The number of carbonyl (C=O) groups is 3. The smallest absolute Gasteiger partial charge is 0.342 e. The van der Waals surface area contributed by atoms with E-state index in [0.717, 1.165) is 22.2 Å². The van der Waals surface area contributed by atoms with E-state index in [-0.39, 0.29) is 29.4 Å². The van der Waals surface area contributed by atoms with Gasteiger partial charge in [-0.3, -0.25) is 14.5 Å². The summed E-state index contributed by atoms with van der Waals surface area (Å²) in [4.78, 5) is 40.3. The number of imide groups is 1. The highest BCUT2D eigenvalue weighted by molar-refractivity contribution is 8.18. The number of aromatic hydroxyl groups is 1. The molecule has 1 saturated heterocycles. The van der Waals surface area contributed by atoms with Crippen molar-refractivity contribution in [1.29, 1.82) is 0 Å². The second-order valence-electron chi connectivity index (χ2n) is 8.91. The lowest BCUT2D eigenvalue weighted by Gasteiger charge is -2.13. The number of hydrogen-bond donors (Lipinski definition) is 1. The van der Waals surface area contributed by atoms with E-state index in [0.29, 0.717) is 32.3 Å². The number of thioether (sulfide) groups is 1. The van der Waals surface area contributed by atoms with Gasteiger partial charge in [0.2, 0.25) is 0 Å². The molecule has 0 radical (unpaired) electrons. The number of amides is 2. The van der Waals surface area contributed by atoms with Crippen molar-refractivity contribution in [1.82, 2.24) is 4.90 Å². The predicted molar refractivity (Wildman–Crippen MR) is 157 cm³/mol. The number of esters is 1. The molecule has 1 fully saturated rings. The first-order chi connectivity index (χ1) is 19.3. The number of halogens is 2. The Hall–Kier alpha value is -4.04. The third-order valence-electron chi connectivity index (χ3n) is 6.15. The molecule has 1 aliphatic heterocycles. The van der Waals surface area contributed by atoms with E-state index in [1.807, 2.05) is 48.5 Å². The van der Waals surface area contributed by atoms with Gasteiger partial charge in [-0.2, -0.15) is 0 Å². The molecule has 0 atom stereocenters. The van der Waals surface area contributed by atoms with Gasteiger partial charge in [-0.15, -0.1) is 0 Å². The second kappa shape index (κ2) is 12.0. The van der Waals surface area contributed by atoms with Gasteiger partial charge in [-0.05, 0) is 64.4 Å². The number of phenols is 1. The van der Waals surface area contributed by atoms with Gasteiger partial charge in [-0.25, -0.2) is 4.79 Å². The molecule has 4 aromatic rings. The topological polar surface area (TPSA) is 83.9 Å². The first kappa shape index (κ1) is 27.5. The molecule has 1 N–H and O–H groups in total. The number of benzene rings is 4. The number of rotatable bonds is 7. The molecule has 0 aliphatic carbocycles. The molecular weight excluding hydrogens is 569 g/mol. The molecule has 40 heavy (non-hydrogen) atoms. The fourth-order valence-electron chi connectivity index (χ4n) is 4.14. The second-order valence-corrected chi connectivity index (χ2v) is 10.7. The van der Waals surface area contributed by atoms with Crippen molar-refractivity contribution >= 4 is 58.2 Å². The lowest BCUT2D eigenvalue weighted by Crippen LogP contribution is -2.27. The van der Waals surface area contributed by atoms with Gasteiger partial charge < -0.3 is 9.84 Å². The minimum Gasteiger partial charge on any atom is -0.506 e. The minimum atomic E-state index is -0.721. The lowest BCUT2D eigenvalue weighted by molar-refractivity contribution is -0.123. The first-order valence-electron chi connectivity index (χ1n) is 12.1. The molecule has 1 heterocycles. The standard InChI is InChI=1S/C31H21Cl2NO5S/c32-25-12-11-20(15-26(25)33)17-34-29(36)27(40-31(34)38)16-21-13-23(22-9-5-2-6-10-22)28(35)24(14-21)30(37)39-18-19-7-3-1-4-8-19/h1-16,35H,17-18H2/b27-16+. The maximum atomic E-state index is 13.2. The van der Waals surface area contributed by atoms with E-state index >= 15 is 0 Å². The summed E-state index contributed by atoms with van der Waals surface area (Å²) in [5.74, 6) is -1.45. The molecule has 0 aromatic heterocycles. The van der Waals surface area contributed by atoms with Gasteiger partial charge in [0.1, 0.15) is 17.9 Å². The fourth-order valence-corrected chi connectivity index (χ4v) is 5.30. The lowest BCUT2D eigenvalue weighted by atomic mass is 9.97. The van der Waals surface area contributed by atoms with Gasteiger partial charge in [-0.1, -0.05) is 89.9 Å². The van der Waals surface area contributed by atoms with E-state index in [1.54, 1.807) is 36.4 Å². The Balaban J connectivity index is 1.47. The molecule has 0 unspecified atom stereocenters. The van der Waals surface area contributed by atoms with Crippen molar-refractivity contribution in [3.63, 3.8) is 0 Å². The molecule has 0 saturated carbocycles. The average Bonchev–Trinajstić information content (AvgIpc) is 3.22. The Morgan fingerprint density at radius 3 is 2.27 bits per heavy atom. The Kier molecular flexibility index (Phi) is 8.26. The Morgan fingerprint density at radius 1 is 0.875 bits per heavy atom. The summed E-state index contributed by atoms with van der Waals surface area (Å²) >= 11 is 12.9. The van der Waals surface area contributed by atoms with Crippen LogP contribution in [0.2, 0.25) is 10.0 Å². The zero-order valence-electron chi connectivity index (χ0n) is 20.8. The largest absolute Gasteiger partial charge is 0.506 e. The molecule has 2 amide bonds. The molecule has 0 spiro atoms. The summed E-state index contributed by atoms with van der Waals surface area (Å²) in [6.07, 6.45) is 1.53. The quantitative estimate of drug-likeness (QED) is 0.174. The monoisotopic (exact) mass is 589 g/mol. The van der Waals surface area contributed by atoms with Crippen LogP contribution in [0.4, 0.5) is 4.79 Å². The van der Waals surface area contributed by atoms with Crippen molar-refractivity contribution in [2.45, 2.75) is 13.2 Å². The molecule has 4 aromatic carbocycles. The van der Waals surface area contributed by atoms with Crippen LogP contribution in [0.15, 0.2) is 95.9 Å². The molecular formula is C31H21Cl2NO5S. The van der Waals surface area contributed by atoms with Crippen LogP contribution in [0.3, 0.4) is 0 Å². The highest BCUT2D eigenvalue weighted by Crippen LogP contribution is 2.38. The summed E-state index contributed by atoms with van der Waals surface area (Å²) < 4.78 is 5.48. The number of ether oxygens (including phenoxy) is 1. The Morgan fingerprint density at radius 2 is 1.57 bits per heavy atom. The van der Waals surface area contributed by atoms with Crippen LogP contribution in [-0.4, -0.2) is 27.1 Å². The van der Waals surface area contributed by atoms with E-state index in [4.69, 9.17) is 27.9 Å². The maximum Gasteiger partial charge on any atom is 0.342 e. The van der Waals surface area contributed by atoms with E-state index in [9.17, 15) is 19.5 Å². The average molecular weight is 590 g/mol. The van der Waals surface area contributed by atoms with Crippen LogP contribution in [-0.2, 0) is 22.7 Å². The van der Waals surface area contributed by atoms with Crippen LogP contribution >= 0.6 is 35.0 Å². The van der Waals surface area contributed by atoms with Crippen molar-refractivity contribution in [3.8, 4) is 16.9 Å². The van der Waals surface area contributed by atoms with E-state index < -0.39 is 17.1 Å². The van der Waals surface area contributed by atoms with Crippen molar-refractivity contribution in [3.05, 3.63) is 128 Å². The highest BCUT2D eigenvalue weighted by Gasteiger charge is 2.35. The SMILES string of the molecule is O=C(OCc1ccccc1)c1cc(/C=C2/SC(=O)N(Cc3ccc(Cl)c(Cl)c3)C2=O)cc(-c2ccccc2)c1O. The summed E-state index contributed by atoms with van der Waals surface area (Å²) in [6.45, 7) is 0.0540. The summed E-state index contributed by atoms with van der Waals surface area (Å²) in [6, 6.07) is 26.2. The number of carbonyl (C=O) groups excluding carboxylic acids is 3.